The van der Waals surface area contributed by atoms with E-state index in [9.17, 15) is 14.4 Å². The van der Waals surface area contributed by atoms with E-state index in [1.807, 2.05) is 0 Å². The van der Waals surface area contributed by atoms with E-state index in [1.165, 1.54) is 0 Å². The van der Waals surface area contributed by atoms with Gasteiger partial charge in [0.1, 0.15) is 0 Å². The zero-order valence-electron chi connectivity index (χ0n) is 5.33. The first-order chi connectivity index (χ1) is 5.11. The quantitative estimate of drug-likeness (QED) is 0.498. The van der Waals surface area contributed by atoms with Crippen molar-refractivity contribution in [3.05, 3.63) is 0 Å². The topological polar surface area (TPSA) is 95.8 Å². The van der Waals surface area contributed by atoms with Crippen LogP contribution >= 0.6 is 0 Å². The standard InChI is InChI=1S/C5H4N2O4/c8-2-1-6-5(11)7-3(2)4(9)10/h1H2,(H,6,11)(H,9,10). The number of carboxylic acids is 1. The third-order valence-corrected chi connectivity index (χ3v) is 1.08. The van der Waals surface area contributed by atoms with Crippen molar-refractivity contribution in [3.8, 4) is 0 Å². The van der Waals surface area contributed by atoms with Crippen LogP contribution in [0, 0.1) is 0 Å². The molecular formula is C5H4N2O4. The van der Waals surface area contributed by atoms with Crippen molar-refractivity contribution < 1.29 is 19.5 Å². The predicted molar refractivity (Wildman–Crippen MR) is 33.5 cm³/mol. The highest BCUT2D eigenvalue weighted by atomic mass is 16.4. The minimum Gasteiger partial charge on any atom is -0.476 e. The highest BCUT2D eigenvalue weighted by Gasteiger charge is 2.24. The van der Waals surface area contributed by atoms with Crippen LogP contribution in [0.15, 0.2) is 4.99 Å². The van der Waals surface area contributed by atoms with Crippen LogP contribution in [-0.2, 0) is 9.59 Å². The maximum Gasteiger partial charge on any atom is 0.358 e. The van der Waals surface area contributed by atoms with Crippen LogP contribution in [0.1, 0.15) is 0 Å². The van der Waals surface area contributed by atoms with Crippen molar-refractivity contribution >= 4 is 23.5 Å². The summed E-state index contributed by atoms with van der Waals surface area (Å²) < 4.78 is 0. The van der Waals surface area contributed by atoms with Crippen molar-refractivity contribution in [3.63, 3.8) is 0 Å². The number of Topliss-reactive ketones (excluding diaryl/α,β-unsaturated/α-hetero) is 1. The molecule has 6 heteroatoms. The molecule has 1 heterocycles. The maximum atomic E-state index is 10.7. The molecule has 0 unspecified atom stereocenters. The number of hydrogen-bond acceptors (Lipinski definition) is 3. The summed E-state index contributed by atoms with van der Waals surface area (Å²) in [7, 11) is 0. The lowest BCUT2D eigenvalue weighted by Gasteiger charge is -2.06. The molecule has 0 aliphatic carbocycles. The van der Waals surface area contributed by atoms with Crippen molar-refractivity contribution in [2.75, 3.05) is 6.54 Å². The molecule has 0 spiro atoms. The Morgan fingerprint density at radius 1 is 1.55 bits per heavy atom. The summed E-state index contributed by atoms with van der Waals surface area (Å²) in [5, 5.41) is 10.4. The molecule has 1 rings (SSSR count). The van der Waals surface area contributed by atoms with Gasteiger partial charge in [-0.1, -0.05) is 0 Å². The molecule has 0 aromatic carbocycles. The second-order valence-corrected chi connectivity index (χ2v) is 1.85. The van der Waals surface area contributed by atoms with E-state index in [0.717, 1.165) is 0 Å². The summed E-state index contributed by atoms with van der Waals surface area (Å²) in [5.74, 6) is -2.15. The molecule has 0 aromatic rings. The fraction of sp³-hybridized carbons (Fsp3) is 0.200. The molecule has 0 bridgehead atoms. The Labute approximate surface area is 60.9 Å². The molecule has 0 saturated heterocycles. The Morgan fingerprint density at radius 3 is 2.64 bits per heavy atom. The molecule has 6 nitrogen and oxygen atoms in total. The first-order valence-electron chi connectivity index (χ1n) is 2.74. The van der Waals surface area contributed by atoms with Crippen LogP contribution in [0.3, 0.4) is 0 Å². The Bertz CT molecular complexity index is 266. The summed E-state index contributed by atoms with van der Waals surface area (Å²) >= 11 is 0. The Kier molecular flexibility index (Phi) is 1.67. The molecule has 0 atom stereocenters. The van der Waals surface area contributed by atoms with Crippen LogP contribution in [0.5, 0.6) is 0 Å². The minimum absolute atomic E-state index is 0.288. The predicted octanol–water partition coefficient (Wildman–Crippen LogP) is -1.20. The van der Waals surface area contributed by atoms with Gasteiger partial charge < -0.3 is 10.4 Å². The van der Waals surface area contributed by atoms with Crippen molar-refractivity contribution in [2.45, 2.75) is 0 Å². The van der Waals surface area contributed by atoms with Gasteiger partial charge in [-0.2, -0.15) is 4.99 Å². The number of hydrogen-bond donors (Lipinski definition) is 2. The largest absolute Gasteiger partial charge is 0.476 e. The molecule has 0 radical (unpaired) electrons. The zero-order valence-corrected chi connectivity index (χ0v) is 5.33. The SMILES string of the molecule is O=C1N=C(C(=O)O)C(=O)CN1. The molecule has 0 aromatic heterocycles. The van der Waals surface area contributed by atoms with E-state index in [-0.39, 0.29) is 6.54 Å². The summed E-state index contributed by atoms with van der Waals surface area (Å²) in [6.45, 7) is -0.288. The van der Waals surface area contributed by atoms with E-state index < -0.39 is 23.5 Å². The van der Waals surface area contributed by atoms with Crippen LogP contribution < -0.4 is 5.32 Å². The van der Waals surface area contributed by atoms with Gasteiger partial charge in [-0.05, 0) is 0 Å². The molecule has 2 amide bonds. The highest BCUT2D eigenvalue weighted by molar-refractivity contribution is 6.66. The Hall–Kier alpha value is -1.72. The average molecular weight is 156 g/mol. The summed E-state index contributed by atoms with van der Waals surface area (Å²) in [6, 6.07) is -0.790. The lowest BCUT2D eigenvalue weighted by atomic mass is 10.2. The van der Waals surface area contributed by atoms with Gasteiger partial charge in [0, 0.05) is 0 Å². The molecular weight excluding hydrogens is 152 g/mol. The Morgan fingerprint density at radius 2 is 2.18 bits per heavy atom. The number of rotatable bonds is 1. The fourth-order valence-corrected chi connectivity index (χ4v) is 0.610. The number of aliphatic imine (C=N–C) groups is 1. The maximum absolute atomic E-state index is 10.7. The molecule has 0 saturated carbocycles. The van der Waals surface area contributed by atoms with Crippen molar-refractivity contribution in [2.24, 2.45) is 4.99 Å². The van der Waals surface area contributed by atoms with E-state index in [0.29, 0.717) is 0 Å². The summed E-state index contributed by atoms with van der Waals surface area (Å²) in [5.41, 5.74) is -0.700. The number of urea groups is 1. The third kappa shape index (κ3) is 1.40. The first-order valence-corrected chi connectivity index (χ1v) is 2.74. The number of carbonyl (C=O) groups is 3. The van der Waals surface area contributed by atoms with Crippen LogP contribution in [0.4, 0.5) is 4.79 Å². The number of amides is 2. The zero-order chi connectivity index (χ0) is 8.43. The number of nitrogens with zero attached hydrogens (tertiary/aromatic N) is 1. The summed E-state index contributed by atoms with van der Waals surface area (Å²) in [4.78, 5) is 34.2. The van der Waals surface area contributed by atoms with Gasteiger partial charge in [-0.3, -0.25) is 4.79 Å². The molecule has 1 aliphatic rings. The van der Waals surface area contributed by atoms with Gasteiger partial charge in [0.2, 0.25) is 5.78 Å². The van der Waals surface area contributed by atoms with E-state index in [4.69, 9.17) is 5.11 Å². The van der Waals surface area contributed by atoms with Crippen LogP contribution in [0.2, 0.25) is 0 Å². The average Bonchev–Trinajstić information content (AvgIpc) is 1.94. The molecule has 58 valence electrons. The van der Waals surface area contributed by atoms with Crippen molar-refractivity contribution in [1.82, 2.24) is 5.32 Å². The van der Waals surface area contributed by atoms with Crippen LogP contribution in [-0.4, -0.2) is 35.1 Å². The third-order valence-electron chi connectivity index (χ3n) is 1.08. The number of aliphatic carboxylic acids is 1. The normalized spacial score (nSPS) is 17.3. The van der Waals surface area contributed by atoms with Gasteiger partial charge in [-0.15, -0.1) is 0 Å². The van der Waals surface area contributed by atoms with Gasteiger partial charge in [-0.25, -0.2) is 9.59 Å². The minimum atomic E-state index is -1.47. The second-order valence-electron chi connectivity index (χ2n) is 1.85. The number of carbonyl (C=O) groups excluding carboxylic acids is 2. The first kappa shape index (κ1) is 7.39. The van der Waals surface area contributed by atoms with Gasteiger partial charge in [0.05, 0.1) is 6.54 Å². The van der Waals surface area contributed by atoms with Gasteiger partial charge in [0.15, 0.2) is 5.71 Å². The number of nitrogens with one attached hydrogen (secondary N) is 1. The molecule has 2 N–H and O–H groups in total. The number of ketones is 1. The van der Waals surface area contributed by atoms with E-state index in [2.05, 4.69) is 10.3 Å². The van der Waals surface area contributed by atoms with E-state index >= 15 is 0 Å². The monoisotopic (exact) mass is 156 g/mol. The lowest BCUT2D eigenvalue weighted by molar-refractivity contribution is -0.130. The molecule has 0 fully saturated rings. The molecule has 11 heavy (non-hydrogen) atoms. The fourth-order valence-electron chi connectivity index (χ4n) is 0.610. The van der Waals surface area contributed by atoms with Gasteiger partial charge in [0.25, 0.3) is 0 Å². The molecule has 1 aliphatic heterocycles. The second kappa shape index (κ2) is 2.49. The highest BCUT2D eigenvalue weighted by Crippen LogP contribution is 1.90. The smallest absolute Gasteiger partial charge is 0.358 e. The lowest BCUT2D eigenvalue weighted by Crippen LogP contribution is -2.41. The Balaban J connectivity index is 2.97. The van der Waals surface area contributed by atoms with E-state index in [1.54, 1.807) is 0 Å². The van der Waals surface area contributed by atoms with Crippen molar-refractivity contribution in [1.29, 1.82) is 0 Å². The van der Waals surface area contributed by atoms with Crippen LogP contribution in [0.25, 0.3) is 0 Å². The summed E-state index contributed by atoms with van der Waals surface area (Å²) in [6.07, 6.45) is 0. The van der Waals surface area contributed by atoms with Gasteiger partial charge >= 0.3 is 12.0 Å². The number of carboxylic acid groups (broad SMARTS) is 1.